The molecule has 15 heavy (non-hydrogen) atoms. The second kappa shape index (κ2) is 4.80. The van der Waals surface area contributed by atoms with E-state index < -0.39 is 12.1 Å². The minimum absolute atomic E-state index is 0.0565. The minimum Gasteiger partial charge on any atom is -0.298 e. The van der Waals surface area contributed by atoms with E-state index in [1.807, 2.05) is 0 Å². The van der Waals surface area contributed by atoms with Gasteiger partial charge in [0.25, 0.3) is 6.43 Å². The van der Waals surface area contributed by atoms with Crippen LogP contribution >= 0.6 is 11.6 Å². The number of halogens is 3. The topological polar surface area (TPSA) is 53.8 Å². The number of pyridine rings is 1. The molecule has 1 aromatic rings. The third-order valence-corrected chi connectivity index (χ3v) is 2.00. The molecule has 0 unspecified atom stereocenters. The molecule has 1 aromatic heterocycles. The fourth-order valence-corrected chi connectivity index (χ4v) is 1.26. The smallest absolute Gasteiger partial charge is 0.281 e. The zero-order valence-corrected chi connectivity index (χ0v) is 8.13. The van der Waals surface area contributed by atoms with Crippen molar-refractivity contribution in [1.82, 2.24) is 4.98 Å². The molecule has 0 saturated carbocycles. The van der Waals surface area contributed by atoms with Crippen molar-refractivity contribution in [3.63, 3.8) is 0 Å². The number of hydrogen-bond donors (Lipinski definition) is 0. The lowest BCUT2D eigenvalue weighted by molar-refractivity contribution is 0.112. The number of carbonyl (C=O) groups excluding carboxylic acids is 1. The van der Waals surface area contributed by atoms with Gasteiger partial charge >= 0.3 is 0 Å². The summed E-state index contributed by atoms with van der Waals surface area (Å²) in [5.74, 6) is -0.153. The van der Waals surface area contributed by atoms with E-state index in [4.69, 9.17) is 16.9 Å². The van der Waals surface area contributed by atoms with Crippen molar-refractivity contribution in [3.05, 3.63) is 28.6 Å². The first-order valence-corrected chi connectivity index (χ1v) is 4.40. The van der Waals surface area contributed by atoms with Gasteiger partial charge in [-0.3, -0.25) is 4.79 Å². The highest BCUT2D eigenvalue weighted by Crippen LogP contribution is 2.23. The second-order valence-corrected chi connectivity index (χ2v) is 2.89. The molecule has 1 heterocycles. The van der Waals surface area contributed by atoms with Gasteiger partial charge in [-0.1, -0.05) is 0 Å². The van der Waals surface area contributed by atoms with Crippen LogP contribution in [-0.4, -0.2) is 11.3 Å². The Morgan fingerprint density at radius 3 is 2.73 bits per heavy atom. The molecule has 78 valence electrons. The molecule has 0 amide bonds. The van der Waals surface area contributed by atoms with E-state index in [0.29, 0.717) is 6.29 Å². The molecule has 0 saturated heterocycles. The Morgan fingerprint density at radius 1 is 1.67 bits per heavy atom. The maximum absolute atomic E-state index is 12.4. The van der Waals surface area contributed by atoms with E-state index in [9.17, 15) is 13.6 Å². The lowest BCUT2D eigenvalue weighted by atomic mass is 10.1. The summed E-state index contributed by atoms with van der Waals surface area (Å²) in [6, 6.07) is 2.63. The summed E-state index contributed by atoms with van der Waals surface area (Å²) in [7, 11) is 0. The molecule has 0 aliphatic carbocycles. The van der Waals surface area contributed by atoms with E-state index >= 15 is 0 Å². The molecular formula is C9H5ClF2N2O. The average molecular weight is 231 g/mol. The third-order valence-electron chi connectivity index (χ3n) is 1.75. The van der Waals surface area contributed by atoms with Crippen molar-refractivity contribution >= 4 is 17.9 Å². The summed E-state index contributed by atoms with van der Waals surface area (Å²) in [5, 5.41) is 8.58. The molecule has 1 rings (SSSR count). The maximum atomic E-state index is 12.4. The first-order chi connectivity index (χ1) is 7.13. The van der Waals surface area contributed by atoms with Crippen LogP contribution in [0.4, 0.5) is 8.78 Å². The van der Waals surface area contributed by atoms with Crippen molar-refractivity contribution in [2.24, 2.45) is 0 Å². The fourth-order valence-electron chi connectivity index (χ4n) is 1.05. The Bertz CT molecular complexity index is 429. The van der Waals surface area contributed by atoms with Crippen LogP contribution in [0.2, 0.25) is 0 Å². The third kappa shape index (κ3) is 2.28. The van der Waals surface area contributed by atoms with E-state index in [1.165, 1.54) is 0 Å². The zero-order valence-electron chi connectivity index (χ0n) is 7.38. The van der Waals surface area contributed by atoms with Gasteiger partial charge in [0.15, 0.2) is 6.29 Å². The van der Waals surface area contributed by atoms with Crippen LogP contribution in [0.25, 0.3) is 0 Å². The summed E-state index contributed by atoms with van der Waals surface area (Å²) >= 11 is 5.43. The Kier molecular flexibility index (Phi) is 3.69. The molecule has 0 aliphatic rings. The number of alkyl halides is 3. The van der Waals surface area contributed by atoms with Gasteiger partial charge in [-0.15, -0.1) is 11.6 Å². The quantitative estimate of drug-likeness (QED) is 0.592. The van der Waals surface area contributed by atoms with E-state index in [-0.39, 0.29) is 22.7 Å². The molecule has 0 spiro atoms. The summed E-state index contributed by atoms with van der Waals surface area (Å²) in [6.45, 7) is 0. The summed E-state index contributed by atoms with van der Waals surface area (Å²) < 4.78 is 24.8. The first-order valence-electron chi connectivity index (χ1n) is 3.87. The first kappa shape index (κ1) is 11.5. The molecule has 0 atom stereocenters. The summed E-state index contributed by atoms with van der Waals surface area (Å²) in [6.07, 6.45) is -2.43. The number of carbonyl (C=O) groups is 1. The van der Waals surface area contributed by atoms with Gasteiger partial charge in [0.05, 0.1) is 17.1 Å². The normalized spacial score (nSPS) is 10.1. The van der Waals surface area contributed by atoms with Crippen molar-refractivity contribution in [3.8, 4) is 6.07 Å². The number of hydrogen-bond acceptors (Lipinski definition) is 3. The summed E-state index contributed by atoms with van der Waals surface area (Å²) in [4.78, 5) is 14.0. The lowest BCUT2D eigenvalue weighted by Crippen LogP contribution is -2.03. The van der Waals surface area contributed by atoms with Gasteiger partial charge in [0, 0.05) is 5.56 Å². The highest BCUT2D eigenvalue weighted by atomic mass is 35.5. The largest absolute Gasteiger partial charge is 0.298 e. The highest BCUT2D eigenvalue weighted by Gasteiger charge is 2.18. The molecule has 3 nitrogen and oxygen atoms in total. The lowest BCUT2D eigenvalue weighted by Gasteiger charge is -2.06. The van der Waals surface area contributed by atoms with Crippen molar-refractivity contribution in [1.29, 1.82) is 5.26 Å². The molecule has 0 bridgehead atoms. The minimum atomic E-state index is -2.86. The molecular weight excluding hydrogens is 226 g/mol. The second-order valence-electron chi connectivity index (χ2n) is 2.62. The van der Waals surface area contributed by atoms with Crippen LogP contribution in [0.5, 0.6) is 0 Å². The van der Waals surface area contributed by atoms with Gasteiger partial charge in [0.1, 0.15) is 11.8 Å². The van der Waals surface area contributed by atoms with Crippen molar-refractivity contribution in [2.45, 2.75) is 12.3 Å². The Balaban J connectivity index is 3.42. The molecule has 6 heteroatoms. The molecule has 0 aliphatic heterocycles. The maximum Gasteiger partial charge on any atom is 0.281 e. The number of aldehydes is 1. The van der Waals surface area contributed by atoms with Gasteiger partial charge in [-0.25, -0.2) is 13.8 Å². The van der Waals surface area contributed by atoms with Crippen LogP contribution < -0.4 is 0 Å². The van der Waals surface area contributed by atoms with E-state index in [0.717, 1.165) is 6.07 Å². The molecule has 0 fully saturated rings. The summed E-state index contributed by atoms with van der Waals surface area (Å²) in [5.41, 5.74) is -0.827. The van der Waals surface area contributed by atoms with Gasteiger partial charge < -0.3 is 0 Å². The van der Waals surface area contributed by atoms with Gasteiger partial charge in [-0.2, -0.15) is 5.26 Å². The Labute approximate surface area is 89.3 Å². The average Bonchev–Trinajstić information content (AvgIpc) is 2.26. The number of rotatable bonds is 3. The van der Waals surface area contributed by atoms with Crippen LogP contribution in [0.1, 0.15) is 33.7 Å². The molecule has 0 aromatic carbocycles. The van der Waals surface area contributed by atoms with E-state index in [1.54, 1.807) is 6.07 Å². The van der Waals surface area contributed by atoms with Crippen LogP contribution in [0.15, 0.2) is 6.07 Å². The Hall–Kier alpha value is -1.54. The fraction of sp³-hybridized carbons (Fsp3) is 0.222. The highest BCUT2D eigenvalue weighted by molar-refractivity contribution is 6.17. The number of aromatic nitrogens is 1. The number of nitriles is 1. The monoisotopic (exact) mass is 230 g/mol. The van der Waals surface area contributed by atoms with Gasteiger partial charge in [-0.05, 0) is 6.07 Å². The molecule has 0 radical (unpaired) electrons. The molecule has 0 N–H and O–H groups in total. The van der Waals surface area contributed by atoms with E-state index in [2.05, 4.69) is 4.98 Å². The Morgan fingerprint density at radius 2 is 2.33 bits per heavy atom. The van der Waals surface area contributed by atoms with Crippen LogP contribution in [0, 0.1) is 11.3 Å². The van der Waals surface area contributed by atoms with Crippen molar-refractivity contribution in [2.75, 3.05) is 0 Å². The van der Waals surface area contributed by atoms with Gasteiger partial charge in [0.2, 0.25) is 0 Å². The zero-order chi connectivity index (χ0) is 11.4. The predicted octanol–water partition coefficient (Wildman–Crippen LogP) is 2.44. The van der Waals surface area contributed by atoms with Crippen LogP contribution in [0.3, 0.4) is 0 Å². The predicted molar refractivity (Wildman–Crippen MR) is 48.9 cm³/mol. The van der Waals surface area contributed by atoms with Crippen LogP contribution in [-0.2, 0) is 5.88 Å². The standard InChI is InChI=1S/C9H5ClF2N2O/c10-2-7-6(4-15)1-5(3-13)8(14-7)9(11)12/h1,4,9H,2H2. The SMILES string of the molecule is N#Cc1cc(C=O)c(CCl)nc1C(F)F. The van der Waals surface area contributed by atoms with Crippen molar-refractivity contribution < 1.29 is 13.6 Å². The number of nitrogens with zero attached hydrogens (tertiary/aromatic N) is 2.